The van der Waals surface area contributed by atoms with Crippen molar-refractivity contribution in [3.8, 4) is 11.4 Å². The molecule has 0 N–H and O–H groups in total. The minimum absolute atomic E-state index is 0.0167. The van der Waals surface area contributed by atoms with Gasteiger partial charge in [0, 0.05) is 12.1 Å². The van der Waals surface area contributed by atoms with E-state index in [2.05, 4.69) is 56.9 Å². The van der Waals surface area contributed by atoms with Crippen molar-refractivity contribution in [2.75, 3.05) is 0 Å². The van der Waals surface area contributed by atoms with Gasteiger partial charge in [-0.2, -0.15) is 4.98 Å². The molecule has 0 atom stereocenters. The number of hydrogen-bond donors (Lipinski definition) is 0. The fourth-order valence-electron chi connectivity index (χ4n) is 3.46. The lowest BCUT2D eigenvalue weighted by Crippen LogP contribution is -2.25. The zero-order chi connectivity index (χ0) is 22.9. The fraction of sp³-hybridized carbons (Fsp3) is 0.360. The molecule has 0 spiro atoms. The van der Waals surface area contributed by atoms with Gasteiger partial charge in [-0.1, -0.05) is 87.9 Å². The smallest absolute Gasteiger partial charge is 0.262 e. The molecule has 32 heavy (non-hydrogen) atoms. The number of rotatable bonds is 6. The number of hydrogen-bond acceptors (Lipinski definition) is 6. The highest BCUT2D eigenvalue weighted by atomic mass is 32.2. The molecular weight excluding hydrogens is 420 g/mol. The largest absolute Gasteiger partial charge is 0.338 e. The summed E-state index contributed by atoms with van der Waals surface area (Å²) in [7, 11) is 0. The maximum absolute atomic E-state index is 13.0. The Balaban J connectivity index is 1.57. The molecule has 0 radical (unpaired) electrons. The van der Waals surface area contributed by atoms with E-state index < -0.39 is 0 Å². The van der Waals surface area contributed by atoms with Gasteiger partial charge in [0.25, 0.3) is 5.56 Å². The summed E-state index contributed by atoms with van der Waals surface area (Å²) >= 11 is 1.44. The Hall–Kier alpha value is -2.93. The van der Waals surface area contributed by atoms with Crippen molar-refractivity contribution >= 4 is 22.7 Å². The van der Waals surface area contributed by atoms with E-state index in [9.17, 15) is 4.79 Å². The van der Waals surface area contributed by atoms with Crippen LogP contribution in [0.15, 0.2) is 63.0 Å². The summed E-state index contributed by atoms with van der Waals surface area (Å²) in [5.74, 6) is 1.83. The Kier molecular flexibility index (Phi) is 6.20. The molecule has 2 heterocycles. The van der Waals surface area contributed by atoms with E-state index in [0.717, 1.165) is 5.56 Å². The number of benzene rings is 2. The van der Waals surface area contributed by atoms with Crippen LogP contribution in [0.4, 0.5) is 0 Å². The number of aromatic nitrogens is 4. The van der Waals surface area contributed by atoms with Crippen molar-refractivity contribution in [3.63, 3.8) is 0 Å². The summed E-state index contributed by atoms with van der Waals surface area (Å²) in [6.45, 7) is 11.3. The van der Waals surface area contributed by atoms with Gasteiger partial charge in [0.2, 0.25) is 11.7 Å². The minimum atomic E-state index is -0.0167. The molecule has 0 amide bonds. The second-order valence-corrected chi connectivity index (χ2v) is 10.3. The third-order valence-electron chi connectivity index (χ3n) is 5.18. The van der Waals surface area contributed by atoms with Crippen LogP contribution in [0.2, 0.25) is 0 Å². The van der Waals surface area contributed by atoms with Crippen LogP contribution in [0.1, 0.15) is 46.1 Å². The zero-order valence-electron chi connectivity index (χ0n) is 19.1. The van der Waals surface area contributed by atoms with Gasteiger partial charge in [-0.3, -0.25) is 9.36 Å². The molecule has 7 heteroatoms. The lowest BCUT2D eigenvalue weighted by Gasteiger charge is -2.18. The number of nitrogens with zero attached hydrogens (tertiary/aromatic N) is 4. The maximum atomic E-state index is 13.0. The van der Waals surface area contributed by atoms with Gasteiger partial charge >= 0.3 is 0 Å². The summed E-state index contributed by atoms with van der Waals surface area (Å²) in [6.07, 6.45) is 0. The average Bonchev–Trinajstić information content (AvgIpc) is 3.23. The second-order valence-electron chi connectivity index (χ2n) is 9.35. The van der Waals surface area contributed by atoms with Crippen LogP contribution >= 0.6 is 11.8 Å². The molecule has 0 aliphatic carbocycles. The normalized spacial score (nSPS) is 12.1. The van der Waals surface area contributed by atoms with Crippen LogP contribution in [0.3, 0.4) is 0 Å². The first-order valence-corrected chi connectivity index (χ1v) is 11.8. The molecule has 2 aromatic carbocycles. The molecule has 0 fully saturated rings. The number of para-hydroxylation sites is 1. The first-order chi connectivity index (χ1) is 15.2. The van der Waals surface area contributed by atoms with Crippen molar-refractivity contribution in [3.05, 3.63) is 70.3 Å². The topological polar surface area (TPSA) is 73.8 Å². The molecule has 4 aromatic rings. The van der Waals surface area contributed by atoms with Crippen LogP contribution in [0, 0.1) is 5.92 Å². The van der Waals surface area contributed by atoms with Gasteiger partial charge in [-0.25, -0.2) is 4.98 Å². The Labute approximate surface area is 192 Å². The molecule has 0 aliphatic rings. The molecule has 0 saturated carbocycles. The fourth-order valence-corrected chi connectivity index (χ4v) is 4.31. The first-order valence-electron chi connectivity index (χ1n) is 10.8. The maximum Gasteiger partial charge on any atom is 0.262 e. The van der Waals surface area contributed by atoms with Crippen molar-refractivity contribution < 1.29 is 4.52 Å². The van der Waals surface area contributed by atoms with E-state index >= 15 is 0 Å². The Morgan fingerprint density at radius 2 is 1.75 bits per heavy atom. The highest BCUT2D eigenvalue weighted by molar-refractivity contribution is 7.98. The van der Waals surface area contributed by atoms with Crippen LogP contribution in [-0.2, 0) is 17.7 Å². The van der Waals surface area contributed by atoms with Gasteiger partial charge < -0.3 is 4.52 Å². The van der Waals surface area contributed by atoms with Crippen molar-refractivity contribution in [1.29, 1.82) is 0 Å². The quantitative estimate of drug-likeness (QED) is 0.279. The van der Waals surface area contributed by atoms with Crippen LogP contribution in [-0.4, -0.2) is 19.7 Å². The third kappa shape index (κ3) is 4.78. The van der Waals surface area contributed by atoms with E-state index in [4.69, 9.17) is 9.51 Å². The van der Waals surface area contributed by atoms with E-state index in [0.29, 0.717) is 46.0 Å². The highest BCUT2D eigenvalue weighted by Crippen LogP contribution is 2.26. The third-order valence-corrected chi connectivity index (χ3v) is 6.14. The van der Waals surface area contributed by atoms with Gasteiger partial charge in [0.15, 0.2) is 5.16 Å². The number of fused-ring (bicyclic) bond motifs is 1. The van der Waals surface area contributed by atoms with E-state index in [1.54, 1.807) is 4.57 Å². The Morgan fingerprint density at radius 3 is 2.44 bits per heavy atom. The lowest BCUT2D eigenvalue weighted by atomic mass is 9.87. The molecule has 0 unspecified atom stereocenters. The highest BCUT2D eigenvalue weighted by Gasteiger charge is 2.17. The summed E-state index contributed by atoms with van der Waals surface area (Å²) in [4.78, 5) is 22.3. The van der Waals surface area contributed by atoms with Crippen molar-refractivity contribution in [2.45, 2.75) is 57.5 Å². The summed E-state index contributed by atoms with van der Waals surface area (Å²) in [5.41, 5.74) is 2.95. The SMILES string of the molecule is CC(C)Cn1c(SCc2nc(-c3ccc(C(C)(C)C)cc3)no2)nc2ccccc2c1=O. The van der Waals surface area contributed by atoms with Gasteiger partial charge in [-0.05, 0) is 29.0 Å². The van der Waals surface area contributed by atoms with Crippen molar-refractivity contribution in [2.24, 2.45) is 5.92 Å². The summed E-state index contributed by atoms with van der Waals surface area (Å²) in [5, 5.41) is 5.44. The van der Waals surface area contributed by atoms with E-state index in [-0.39, 0.29) is 11.0 Å². The Morgan fingerprint density at radius 1 is 1.03 bits per heavy atom. The molecule has 2 aromatic heterocycles. The van der Waals surface area contributed by atoms with Gasteiger partial charge in [0.05, 0.1) is 16.7 Å². The molecule has 0 bridgehead atoms. The zero-order valence-corrected chi connectivity index (χ0v) is 19.9. The Bertz CT molecular complexity index is 1280. The van der Waals surface area contributed by atoms with Crippen LogP contribution in [0.5, 0.6) is 0 Å². The molecule has 0 saturated heterocycles. The minimum Gasteiger partial charge on any atom is -0.338 e. The van der Waals surface area contributed by atoms with Crippen LogP contribution in [0.25, 0.3) is 22.3 Å². The predicted octanol–water partition coefficient (Wildman–Crippen LogP) is 5.69. The predicted molar refractivity (Wildman–Crippen MR) is 129 cm³/mol. The van der Waals surface area contributed by atoms with E-state index in [1.165, 1.54) is 17.3 Å². The summed E-state index contributed by atoms with van der Waals surface area (Å²) < 4.78 is 7.23. The molecule has 0 aliphatic heterocycles. The van der Waals surface area contributed by atoms with Crippen molar-refractivity contribution in [1.82, 2.24) is 19.7 Å². The lowest BCUT2D eigenvalue weighted by molar-refractivity contribution is 0.391. The average molecular weight is 449 g/mol. The molecule has 6 nitrogen and oxygen atoms in total. The standard InChI is InChI=1S/C25H28N4O2S/c1-16(2)14-29-23(30)19-8-6-7-9-20(19)26-24(29)32-15-21-27-22(28-31-21)17-10-12-18(13-11-17)25(3,4)5/h6-13,16H,14-15H2,1-5H3. The van der Waals surface area contributed by atoms with Gasteiger partial charge in [0.1, 0.15) is 0 Å². The first kappa shape index (κ1) is 22.3. The molecule has 4 rings (SSSR count). The monoisotopic (exact) mass is 448 g/mol. The number of thioether (sulfide) groups is 1. The van der Waals surface area contributed by atoms with Crippen LogP contribution < -0.4 is 5.56 Å². The molecular formula is C25H28N4O2S. The summed E-state index contributed by atoms with van der Waals surface area (Å²) in [6, 6.07) is 15.7. The van der Waals surface area contributed by atoms with Gasteiger partial charge in [-0.15, -0.1) is 0 Å². The van der Waals surface area contributed by atoms with E-state index in [1.807, 2.05) is 36.4 Å². The second kappa shape index (κ2) is 8.90. The molecule has 166 valence electrons.